The summed E-state index contributed by atoms with van der Waals surface area (Å²) in [5, 5.41) is 9.70. The minimum atomic E-state index is 0.882. The number of thiophene rings is 1. The molecule has 0 fully saturated rings. The van der Waals surface area contributed by atoms with Crippen molar-refractivity contribution in [2.24, 2.45) is 0 Å². The largest absolute Gasteiger partial charge is 0.456 e. The predicted molar refractivity (Wildman–Crippen MR) is 202 cm³/mol. The molecule has 2 nitrogen and oxygen atoms in total. The second-order valence-electron chi connectivity index (χ2n) is 12.0. The molecule has 0 radical (unpaired) electrons. The highest BCUT2D eigenvalue weighted by molar-refractivity contribution is 7.26. The average molecular weight is 618 g/mol. The van der Waals surface area contributed by atoms with E-state index in [4.69, 9.17) is 4.42 Å². The van der Waals surface area contributed by atoms with Crippen LogP contribution in [0.3, 0.4) is 0 Å². The van der Waals surface area contributed by atoms with E-state index in [9.17, 15) is 0 Å². The van der Waals surface area contributed by atoms with Crippen LogP contribution in [0.4, 0.5) is 17.1 Å². The van der Waals surface area contributed by atoms with Crippen molar-refractivity contribution in [3.63, 3.8) is 0 Å². The summed E-state index contributed by atoms with van der Waals surface area (Å²) in [7, 11) is 0. The second kappa shape index (κ2) is 10.3. The fourth-order valence-corrected chi connectivity index (χ4v) is 8.63. The SMILES string of the molecule is c1ccc(-c2ccc(N(c3cc4ccccc4c4ccccc34)c3cccc4oc5ccccc5c34)c3sc4ccccc4c23)cc1. The van der Waals surface area contributed by atoms with Gasteiger partial charge in [-0.3, -0.25) is 0 Å². The van der Waals surface area contributed by atoms with E-state index in [1.54, 1.807) is 0 Å². The summed E-state index contributed by atoms with van der Waals surface area (Å²) < 4.78 is 9.00. The van der Waals surface area contributed by atoms with Gasteiger partial charge in [-0.2, -0.15) is 0 Å². The van der Waals surface area contributed by atoms with Crippen LogP contribution in [0.25, 0.3) is 74.8 Å². The Morgan fingerprint density at radius 1 is 0.426 bits per heavy atom. The van der Waals surface area contributed by atoms with Crippen LogP contribution in [-0.4, -0.2) is 0 Å². The van der Waals surface area contributed by atoms with Crippen LogP contribution in [0, 0.1) is 0 Å². The first-order valence-corrected chi connectivity index (χ1v) is 16.8. The average Bonchev–Trinajstić information content (AvgIpc) is 3.72. The van der Waals surface area contributed by atoms with Gasteiger partial charge in [0.15, 0.2) is 0 Å². The predicted octanol–water partition coefficient (Wildman–Crippen LogP) is 13.4. The van der Waals surface area contributed by atoms with Crippen LogP contribution >= 0.6 is 11.3 Å². The van der Waals surface area contributed by atoms with Gasteiger partial charge in [0.05, 0.1) is 27.1 Å². The highest BCUT2D eigenvalue weighted by atomic mass is 32.1. The minimum absolute atomic E-state index is 0.882. The van der Waals surface area contributed by atoms with Crippen molar-refractivity contribution in [3.05, 3.63) is 164 Å². The van der Waals surface area contributed by atoms with Gasteiger partial charge in [-0.05, 0) is 63.7 Å². The monoisotopic (exact) mass is 617 g/mol. The van der Waals surface area contributed by atoms with E-state index in [1.807, 2.05) is 17.4 Å². The second-order valence-corrected chi connectivity index (χ2v) is 13.1. The lowest BCUT2D eigenvalue weighted by atomic mass is 9.96. The molecule has 2 aromatic heterocycles. The molecular weight excluding hydrogens is 591 g/mol. The van der Waals surface area contributed by atoms with Gasteiger partial charge in [0, 0.05) is 26.2 Å². The Balaban J connectivity index is 1.39. The molecule has 0 amide bonds. The molecule has 10 aromatic rings. The van der Waals surface area contributed by atoms with Gasteiger partial charge >= 0.3 is 0 Å². The van der Waals surface area contributed by atoms with Crippen molar-refractivity contribution < 1.29 is 4.42 Å². The molecule has 0 saturated heterocycles. The maximum Gasteiger partial charge on any atom is 0.137 e. The van der Waals surface area contributed by atoms with E-state index in [-0.39, 0.29) is 0 Å². The number of hydrogen-bond acceptors (Lipinski definition) is 3. The van der Waals surface area contributed by atoms with Gasteiger partial charge in [-0.1, -0.05) is 127 Å². The van der Waals surface area contributed by atoms with E-state index in [0.29, 0.717) is 0 Å². The van der Waals surface area contributed by atoms with Gasteiger partial charge < -0.3 is 9.32 Å². The summed E-state index contributed by atoms with van der Waals surface area (Å²) in [6.45, 7) is 0. The topological polar surface area (TPSA) is 16.4 Å². The van der Waals surface area contributed by atoms with Crippen LogP contribution in [0.1, 0.15) is 0 Å². The molecule has 47 heavy (non-hydrogen) atoms. The van der Waals surface area contributed by atoms with Crippen molar-refractivity contribution in [2.45, 2.75) is 0 Å². The molecule has 0 aliphatic rings. The maximum absolute atomic E-state index is 6.46. The van der Waals surface area contributed by atoms with E-state index in [1.165, 1.54) is 52.8 Å². The third kappa shape index (κ3) is 3.97. The summed E-state index contributed by atoms with van der Waals surface area (Å²) in [6, 6.07) is 59.0. The molecule has 0 atom stereocenters. The molecule has 8 aromatic carbocycles. The number of benzene rings is 8. The Hall–Kier alpha value is -5.90. The van der Waals surface area contributed by atoms with Gasteiger partial charge in [0.2, 0.25) is 0 Å². The van der Waals surface area contributed by atoms with Gasteiger partial charge in [-0.15, -0.1) is 11.3 Å². The van der Waals surface area contributed by atoms with Crippen LogP contribution in [-0.2, 0) is 0 Å². The van der Waals surface area contributed by atoms with Crippen molar-refractivity contribution in [3.8, 4) is 11.1 Å². The lowest BCUT2D eigenvalue weighted by Gasteiger charge is -2.29. The molecule has 0 spiro atoms. The summed E-state index contributed by atoms with van der Waals surface area (Å²) in [6.07, 6.45) is 0. The zero-order chi connectivity index (χ0) is 30.9. The van der Waals surface area contributed by atoms with Crippen LogP contribution < -0.4 is 4.90 Å². The number of anilines is 3. The summed E-state index contributed by atoms with van der Waals surface area (Å²) in [5.74, 6) is 0. The van der Waals surface area contributed by atoms with Crippen molar-refractivity contribution >= 4 is 92.1 Å². The van der Waals surface area contributed by atoms with E-state index in [2.05, 4.69) is 163 Å². The molecule has 0 saturated carbocycles. The van der Waals surface area contributed by atoms with E-state index >= 15 is 0 Å². The van der Waals surface area contributed by atoms with Crippen LogP contribution in [0.15, 0.2) is 168 Å². The molecule has 0 aliphatic carbocycles. The third-order valence-electron chi connectivity index (χ3n) is 9.44. The maximum atomic E-state index is 6.46. The molecule has 2 heterocycles. The zero-order valence-electron chi connectivity index (χ0n) is 25.4. The minimum Gasteiger partial charge on any atom is -0.456 e. The Morgan fingerprint density at radius 2 is 1.11 bits per heavy atom. The first-order chi connectivity index (χ1) is 23.3. The molecule has 0 bridgehead atoms. The standard InChI is InChI=1S/C44H27NOS/c1-2-13-28(14-3-1)31-25-26-37(44-42(31)35-20-9-11-24-41(35)47-44)45(36-21-12-23-40-43(36)34-19-8-10-22-39(34)46-40)38-27-29-15-4-5-16-30(29)32-17-6-7-18-33(32)38/h1-27H. The fourth-order valence-electron chi connectivity index (χ4n) is 7.40. The number of furan rings is 1. The first kappa shape index (κ1) is 26.3. The van der Waals surface area contributed by atoms with Crippen LogP contribution in [0.5, 0.6) is 0 Å². The molecule has 0 aliphatic heterocycles. The zero-order valence-corrected chi connectivity index (χ0v) is 26.2. The lowest BCUT2D eigenvalue weighted by Crippen LogP contribution is -2.11. The molecule has 0 unspecified atom stereocenters. The highest BCUT2D eigenvalue weighted by Gasteiger charge is 2.25. The molecular formula is C44H27NOS. The molecule has 0 N–H and O–H groups in total. The lowest BCUT2D eigenvalue weighted by molar-refractivity contribution is 0.669. The Bertz CT molecular complexity index is 2810. The van der Waals surface area contributed by atoms with Gasteiger partial charge in [0.25, 0.3) is 0 Å². The summed E-state index contributed by atoms with van der Waals surface area (Å²) in [5.41, 5.74) is 7.63. The number of hydrogen-bond donors (Lipinski definition) is 0. The summed E-state index contributed by atoms with van der Waals surface area (Å²) >= 11 is 1.87. The molecule has 10 rings (SSSR count). The highest BCUT2D eigenvalue weighted by Crippen LogP contribution is 2.51. The number of para-hydroxylation sites is 1. The number of nitrogens with zero attached hydrogens (tertiary/aromatic N) is 1. The van der Waals surface area contributed by atoms with Crippen LogP contribution in [0.2, 0.25) is 0 Å². The quantitative estimate of drug-likeness (QED) is 0.183. The van der Waals surface area contributed by atoms with E-state index in [0.717, 1.165) is 39.0 Å². The van der Waals surface area contributed by atoms with Crippen molar-refractivity contribution in [1.29, 1.82) is 0 Å². The molecule has 220 valence electrons. The van der Waals surface area contributed by atoms with Crippen molar-refractivity contribution in [2.75, 3.05) is 4.90 Å². The number of rotatable bonds is 4. The van der Waals surface area contributed by atoms with E-state index < -0.39 is 0 Å². The van der Waals surface area contributed by atoms with Gasteiger partial charge in [-0.25, -0.2) is 0 Å². The smallest absolute Gasteiger partial charge is 0.137 e. The Morgan fingerprint density at radius 3 is 1.98 bits per heavy atom. The molecule has 3 heteroatoms. The Labute approximate surface area is 275 Å². The van der Waals surface area contributed by atoms with Crippen molar-refractivity contribution in [1.82, 2.24) is 0 Å². The Kier molecular flexibility index (Phi) is 5.78. The first-order valence-electron chi connectivity index (χ1n) is 15.9. The fraction of sp³-hybridized carbons (Fsp3) is 0. The normalized spacial score (nSPS) is 11.8. The summed E-state index contributed by atoms with van der Waals surface area (Å²) in [4.78, 5) is 2.49. The van der Waals surface area contributed by atoms with Gasteiger partial charge in [0.1, 0.15) is 11.2 Å². The number of fused-ring (bicyclic) bond motifs is 9. The third-order valence-corrected chi connectivity index (χ3v) is 10.6.